The molecular formula is C5H11O8P. The maximum absolute atomic E-state index is 10.3. The lowest BCUT2D eigenvalue weighted by Gasteiger charge is -2.23. The summed E-state index contributed by atoms with van der Waals surface area (Å²) >= 11 is 0. The van der Waals surface area contributed by atoms with E-state index in [1.807, 2.05) is 0 Å². The van der Waals surface area contributed by atoms with Gasteiger partial charge in [-0.05, 0) is 0 Å². The number of carbonyl (C=O) groups is 1. The van der Waals surface area contributed by atoms with E-state index in [0.29, 0.717) is 0 Å². The van der Waals surface area contributed by atoms with Crippen LogP contribution in [0.15, 0.2) is 0 Å². The molecule has 0 rings (SSSR count). The van der Waals surface area contributed by atoms with Gasteiger partial charge in [0.25, 0.3) is 0 Å². The van der Waals surface area contributed by atoms with Crippen molar-refractivity contribution in [1.29, 1.82) is 0 Å². The van der Waals surface area contributed by atoms with E-state index in [0.717, 1.165) is 0 Å². The topological polar surface area (TPSA) is 145 Å². The minimum atomic E-state index is -4.95. The fourth-order valence-electron chi connectivity index (χ4n) is 0.700. The maximum atomic E-state index is 10.3. The summed E-state index contributed by atoms with van der Waals surface area (Å²) in [5, 5.41) is 26.3. The van der Waals surface area contributed by atoms with E-state index >= 15 is 0 Å². The lowest BCUT2D eigenvalue weighted by atomic mass is 10.1. The number of aliphatic hydroxyl groups is 3. The number of aliphatic hydroxyl groups excluding tert-OH is 3. The third kappa shape index (κ3) is 4.77. The van der Waals surface area contributed by atoms with E-state index < -0.39 is 32.7 Å². The summed E-state index contributed by atoms with van der Waals surface area (Å²) in [6.07, 6.45) is -5.62. The standard InChI is InChI=1S/C5H11O8P/c6-1-3(8)5(4(9)2-7)13-14(10,11)12/h1,3-5,7-9H,2H2,(H2,10,11,12)/t3-,4-,5+/m1/s1. The third-order valence-electron chi connectivity index (χ3n) is 1.30. The number of hydrogen-bond donors (Lipinski definition) is 5. The van der Waals surface area contributed by atoms with E-state index in [4.69, 9.17) is 25.1 Å². The molecule has 0 aromatic rings. The second kappa shape index (κ2) is 5.52. The normalized spacial score (nSPS) is 18.6. The first-order valence-corrected chi connectivity index (χ1v) is 5.01. The molecule has 0 bridgehead atoms. The lowest BCUT2D eigenvalue weighted by molar-refractivity contribution is -0.126. The zero-order chi connectivity index (χ0) is 11.4. The molecule has 5 N–H and O–H groups in total. The average Bonchev–Trinajstić information content (AvgIpc) is 2.10. The van der Waals surface area contributed by atoms with Crippen molar-refractivity contribution in [3.05, 3.63) is 0 Å². The van der Waals surface area contributed by atoms with Crippen LogP contribution in [0.5, 0.6) is 0 Å². The molecule has 0 amide bonds. The summed E-state index contributed by atoms with van der Waals surface area (Å²) in [4.78, 5) is 26.8. The highest BCUT2D eigenvalue weighted by Crippen LogP contribution is 2.38. The zero-order valence-corrected chi connectivity index (χ0v) is 7.82. The molecule has 9 heteroatoms. The number of aldehydes is 1. The largest absolute Gasteiger partial charge is 0.470 e. The smallest absolute Gasteiger partial charge is 0.394 e. The molecule has 0 radical (unpaired) electrons. The van der Waals surface area contributed by atoms with Gasteiger partial charge in [-0.1, -0.05) is 0 Å². The SMILES string of the molecule is O=C[C@@H](O)[C@H](OP(=O)(O)O)[C@H](O)CO. The molecular weight excluding hydrogens is 219 g/mol. The fourth-order valence-corrected chi connectivity index (χ4v) is 1.28. The lowest BCUT2D eigenvalue weighted by Crippen LogP contribution is -2.41. The highest BCUT2D eigenvalue weighted by atomic mass is 31.2. The molecule has 0 aromatic carbocycles. The van der Waals surface area contributed by atoms with Crippen LogP contribution in [0.25, 0.3) is 0 Å². The predicted molar refractivity (Wildman–Crippen MR) is 42.1 cm³/mol. The van der Waals surface area contributed by atoms with Crippen molar-refractivity contribution in [3.8, 4) is 0 Å². The molecule has 0 saturated carbocycles. The number of phosphoric ester groups is 1. The Kier molecular flexibility index (Phi) is 5.38. The molecule has 0 aliphatic heterocycles. The van der Waals surface area contributed by atoms with Gasteiger partial charge in [-0.25, -0.2) is 4.57 Å². The first-order chi connectivity index (χ1) is 6.31. The van der Waals surface area contributed by atoms with Gasteiger partial charge in [0.15, 0.2) is 6.29 Å². The van der Waals surface area contributed by atoms with E-state index in [2.05, 4.69) is 4.52 Å². The monoisotopic (exact) mass is 230 g/mol. The van der Waals surface area contributed by atoms with Crippen LogP contribution in [-0.2, 0) is 13.9 Å². The molecule has 14 heavy (non-hydrogen) atoms. The Morgan fingerprint density at radius 2 is 1.86 bits per heavy atom. The number of rotatable bonds is 6. The van der Waals surface area contributed by atoms with Crippen molar-refractivity contribution in [1.82, 2.24) is 0 Å². The summed E-state index contributed by atoms with van der Waals surface area (Å²) in [7, 11) is -4.95. The van der Waals surface area contributed by atoms with Crippen molar-refractivity contribution >= 4 is 14.1 Å². The van der Waals surface area contributed by atoms with Gasteiger partial charge in [0, 0.05) is 0 Å². The average molecular weight is 230 g/mol. The predicted octanol–water partition coefficient (Wildman–Crippen LogP) is -2.62. The van der Waals surface area contributed by atoms with Gasteiger partial charge < -0.3 is 29.9 Å². The molecule has 0 spiro atoms. The molecule has 0 aliphatic carbocycles. The van der Waals surface area contributed by atoms with Crippen LogP contribution in [-0.4, -0.2) is 56.3 Å². The minimum Gasteiger partial charge on any atom is -0.394 e. The first kappa shape index (κ1) is 13.7. The summed E-state index contributed by atoms with van der Waals surface area (Å²) in [6, 6.07) is 0. The van der Waals surface area contributed by atoms with Crippen molar-refractivity contribution in [3.63, 3.8) is 0 Å². The first-order valence-electron chi connectivity index (χ1n) is 3.48. The number of hydrogen-bond acceptors (Lipinski definition) is 6. The van der Waals surface area contributed by atoms with Crippen LogP contribution < -0.4 is 0 Å². The van der Waals surface area contributed by atoms with Gasteiger partial charge >= 0.3 is 7.82 Å². The van der Waals surface area contributed by atoms with E-state index in [1.165, 1.54) is 0 Å². The fraction of sp³-hybridized carbons (Fsp3) is 0.800. The molecule has 0 aromatic heterocycles. The van der Waals surface area contributed by atoms with Crippen molar-refractivity contribution in [2.45, 2.75) is 18.3 Å². The molecule has 0 aliphatic rings. The molecule has 0 fully saturated rings. The quantitative estimate of drug-likeness (QED) is 0.246. The summed E-state index contributed by atoms with van der Waals surface area (Å²) < 4.78 is 14.3. The van der Waals surface area contributed by atoms with Crippen LogP contribution in [0.3, 0.4) is 0 Å². The Bertz CT molecular complexity index is 224. The summed E-state index contributed by atoms with van der Waals surface area (Å²) in [5.41, 5.74) is 0. The Morgan fingerprint density at radius 3 is 2.14 bits per heavy atom. The molecule has 84 valence electrons. The van der Waals surface area contributed by atoms with Crippen LogP contribution in [0.2, 0.25) is 0 Å². The van der Waals surface area contributed by atoms with Gasteiger partial charge in [0.1, 0.15) is 18.3 Å². The minimum absolute atomic E-state index is 0.0702. The third-order valence-corrected chi connectivity index (χ3v) is 1.82. The Balaban J connectivity index is 4.56. The molecule has 0 unspecified atom stereocenters. The zero-order valence-electron chi connectivity index (χ0n) is 6.92. The van der Waals surface area contributed by atoms with Crippen LogP contribution in [0.1, 0.15) is 0 Å². The molecule has 0 saturated heterocycles. The van der Waals surface area contributed by atoms with E-state index in [1.54, 1.807) is 0 Å². The van der Waals surface area contributed by atoms with Crippen LogP contribution in [0, 0.1) is 0 Å². The molecule has 3 atom stereocenters. The Labute approximate surface area is 79.0 Å². The number of phosphoric acid groups is 1. The summed E-state index contributed by atoms with van der Waals surface area (Å²) in [5.74, 6) is 0. The second-order valence-corrected chi connectivity index (χ2v) is 3.63. The maximum Gasteiger partial charge on any atom is 0.470 e. The molecule has 0 heterocycles. The number of carbonyl (C=O) groups excluding carboxylic acids is 1. The van der Waals surface area contributed by atoms with Crippen LogP contribution in [0.4, 0.5) is 0 Å². The van der Waals surface area contributed by atoms with E-state index in [-0.39, 0.29) is 6.29 Å². The van der Waals surface area contributed by atoms with Crippen molar-refractivity contribution in [2.24, 2.45) is 0 Å². The van der Waals surface area contributed by atoms with Gasteiger partial charge in [0.05, 0.1) is 6.61 Å². The Hall–Kier alpha value is -0.340. The Morgan fingerprint density at radius 1 is 1.36 bits per heavy atom. The van der Waals surface area contributed by atoms with Gasteiger partial charge in [-0.2, -0.15) is 0 Å². The van der Waals surface area contributed by atoms with Crippen LogP contribution >= 0.6 is 7.82 Å². The van der Waals surface area contributed by atoms with E-state index in [9.17, 15) is 9.36 Å². The second-order valence-electron chi connectivity index (χ2n) is 2.44. The molecule has 8 nitrogen and oxygen atoms in total. The van der Waals surface area contributed by atoms with Gasteiger partial charge in [-0.3, -0.25) is 4.52 Å². The highest BCUT2D eigenvalue weighted by Gasteiger charge is 2.33. The highest BCUT2D eigenvalue weighted by molar-refractivity contribution is 7.46. The van der Waals surface area contributed by atoms with Crippen molar-refractivity contribution in [2.75, 3.05) is 6.61 Å². The summed E-state index contributed by atoms with van der Waals surface area (Å²) in [6.45, 7) is -0.907. The van der Waals surface area contributed by atoms with Gasteiger partial charge in [-0.15, -0.1) is 0 Å². The van der Waals surface area contributed by atoms with Gasteiger partial charge in [0.2, 0.25) is 0 Å². The van der Waals surface area contributed by atoms with Crippen molar-refractivity contribution < 1.29 is 39.0 Å².